The van der Waals surface area contributed by atoms with Crippen LogP contribution in [0.4, 0.5) is 0 Å². The zero-order valence-electron chi connectivity index (χ0n) is 12.3. The monoisotopic (exact) mass is 313 g/mol. The van der Waals surface area contributed by atoms with Gasteiger partial charge in [-0.25, -0.2) is 4.79 Å². The number of rotatable bonds is 4. The number of ether oxygens (including phenoxy) is 1. The minimum absolute atomic E-state index is 0.208. The molecule has 1 N–H and O–H groups in total. The highest BCUT2D eigenvalue weighted by molar-refractivity contribution is 7.12. The number of esters is 1. The van der Waals surface area contributed by atoms with Gasteiger partial charge in [-0.15, -0.1) is 11.3 Å². The Labute approximate surface area is 131 Å². The van der Waals surface area contributed by atoms with Crippen molar-refractivity contribution in [3.8, 4) is 0 Å². The van der Waals surface area contributed by atoms with E-state index < -0.39 is 12.1 Å². The largest absolute Gasteiger partial charge is 0.450 e. The first-order chi connectivity index (χ1) is 10.6. The van der Waals surface area contributed by atoms with E-state index >= 15 is 0 Å². The molecule has 0 saturated heterocycles. The van der Waals surface area contributed by atoms with Crippen molar-refractivity contribution in [1.82, 2.24) is 4.98 Å². The van der Waals surface area contributed by atoms with Crippen LogP contribution in [-0.2, 0) is 4.74 Å². The highest BCUT2D eigenvalue weighted by Gasteiger charge is 2.23. The van der Waals surface area contributed by atoms with Crippen molar-refractivity contribution in [3.63, 3.8) is 0 Å². The van der Waals surface area contributed by atoms with Gasteiger partial charge in [0.15, 0.2) is 6.10 Å². The number of fused-ring (bicyclic) bond motifs is 1. The Kier molecular flexibility index (Phi) is 3.81. The number of carbonyl (C=O) groups is 2. The zero-order valence-corrected chi connectivity index (χ0v) is 13.1. The molecule has 0 spiro atoms. The number of Topliss-reactive ketones (excluding diaryl/α,β-unsaturated/α-hetero) is 1. The van der Waals surface area contributed by atoms with Crippen LogP contribution < -0.4 is 0 Å². The highest BCUT2D eigenvalue weighted by Crippen LogP contribution is 2.21. The third-order valence-electron chi connectivity index (χ3n) is 3.56. The molecule has 0 radical (unpaired) electrons. The molecule has 3 aromatic rings. The van der Waals surface area contributed by atoms with Crippen molar-refractivity contribution in [2.75, 3.05) is 0 Å². The van der Waals surface area contributed by atoms with Crippen LogP contribution in [0, 0.1) is 6.92 Å². The summed E-state index contributed by atoms with van der Waals surface area (Å²) in [5.41, 5.74) is 2.29. The smallest absolute Gasteiger partial charge is 0.349 e. The number of hydrogen-bond acceptors (Lipinski definition) is 4. The van der Waals surface area contributed by atoms with Crippen LogP contribution in [-0.4, -0.2) is 22.8 Å². The van der Waals surface area contributed by atoms with Crippen molar-refractivity contribution < 1.29 is 14.3 Å². The number of hydrogen-bond donors (Lipinski definition) is 1. The zero-order chi connectivity index (χ0) is 15.7. The minimum Gasteiger partial charge on any atom is -0.450 e. The Morgan fingerprint density at radius 2 is 2.00 bits per heavy atom. The molecule has 0 bridgehead atoms. The van der Waals surface area contributed by atoms with E-state index in [-0.39, 0.29) is 5.78 Å². The normalized spacial score (nSPS) is 12.3. The highest BCUT2D eigenvalue weighted by atomic mass is 32.1. The summed E-state index contributed by atoms with van der Waals surface area (Å²) in [6.45, 7) is 3.45. The third-order valence-corrected chi connectivity index (χ3v) is 4.55. The fraction of sp³-hybridized carbons (Fsp3) is 0.176. The Balaban J connectivity index is 1.80. The first kappa shape index (κ1) is 14.5. The van der Waals surface area contributed by atoms with Crippen LogP contribution in [0.1, 0.15) is 32.5 Å². The fourth-order valence-electron chi connectivity index (χ4n) is 2.34. The van der Waals surface area contributed by atoms with Gasteiger partial charge in [-0.05, 0) is 36.9 Å². The standard InChI is InChI=1S/C17H15NO3S/c1-10-7-8-22-16(10)17(20)21-11(2)15(19)13-9-18-14-6-4-3-5-12(13)14/h3-9,11,18H,1-2H3/t11-/m1/s1. The van der Waals surface area contributed by atoms with Gasteiger partial charge in [0.05, 0.1) is 0 Å². The number of ketones is 1. The van der Waals surface area contributed by atoms with Crippen molar-refractivity contribution >= 4 is 34.0 Å². The van der Waals surface area contributed by atoms with Gasteiger partial charge >= 0.3 is 5.97 Å². The molecule has 5 heteroatoms. The second kappa shape index (κ2) is 5.77. The lowest BCUT2D eigenvalue weighted by Crippen LogP contribution is -2.24. The molecule has 1 atom stereocenters. The molecule has 3 rings (SSSR count). The van der Waals surface area contributed by atoms with Crippen LogP contribution in [0.15, 0.2) is 41.9 Å². The van der Waals surface area contributed by atoms with E-state index in [1.807, 2.05) is 42.6 Å². The number of aromatic nitrogens is 1. The lowest BCUT2D eigenvalue weighted by Gasteiger charge is -2.11. The maximum Gasteiger partial charge on any atom is 0.349 e. The summed E-state index contributed by atoms with van der Waals surface area (Å²) in [4.78, 5) is 28.2. The summed E-state index contributed by atoms with van der Waals surface area (Å²) in [5.74, 6) is -0.659. The van der Waals surface area contributed by atoms with E-state index in [1.165, 1.54) is 11.3 Å². The maximum atomic E-state index is 12.5. The van der Waals surface area contributed by atoms with Gasteiger partial charge in [0.25, 0.3) is 0 Å². The van der Waals surface area contributed by atoms with Gasteiger partial charge in [0.1, 0.15) is 4.88 Å². The van der Waals surface area contributed by atoms with Crippen LogP contribution in [0.3, 0.4) is 0 Å². The number of nitrogens with one attached hydrogen (secondary N) is 1. The molecule has 0 fully saturated rings. The number of carbonyl (C=O) groups excluding carboxylic acids is 2. The van der Waals surface area contributed by atoms with E-state index in [0.29, 0.717) is 10.4 Å². The van der Waals surface area contributed by atoms with Crippen LogP contribution in [0.2, 0.25) is 0 Å². The van der Waals surface area contributed by atoms with Gasteiger partial charge in [-0.1, -0.05) is 18.2 Å². The van der Waals surface area contributed by atoms with Crippen LogP contribution >= 0.6 is 11.3 Å². The molecule has 0 aliphatic carbocycles. The molecule has 0 saturated carbocycles. The Morgan fingerprint density at radius 3 is 2.73 bits per heavy atom. The summed E-state index contributed by atoms with van der Waals surface area (Å²) in [6.07, 6.45) is 0.835. The molecule has 2 aromatic heterocycles. The van der Waals surface area contributed by atoms with E-state index in [1.54, 1.807) is 13.1 Å². The Morgan fingerprint density at radius 1 is 1.23 bits per heavy atom. The molecule has 0 aliphatic heterocycles. The third kappa shape index (κ3) is 2.55. The van der Waals surface area contributed by atoms with E-state index in [4.69, 9.17) is 4.74 Å². The predicted octanol–water partition coefficient (Wildman–Crippen LogP) is 3.97. The second-order valence-electron chi connectivity index (χ2n) is 5.09. The lowest BCUT2D eigenvalue weighted by atomic mass is 10.1. The number of benzene rings is 1. The van der Waals surface area contributed by atoms with Crippen LogP contribution in [0.25, 0.3) is 10.9 Å². The fourth-order valence-corrected chi connectivity index (χ4v) is 3.15. The molecule has 22 heavy (non-hydrogen) atoms. The summed E-state index contributed by atoms with van der Waals surface area (Å²) < 4.78 is 5.32. The first-order valence-corrected chi connectivity index (χ1v) is 7.81. The molecule has 2 heterocycles. The number of aryl methyl sites for hydroxylation is 1. The van der Waals surface area contributed by atoms with Gasteiger partial charge < -0.3 is 9.72 Å². The van der Waals surface area contributed by atoms with Crippen molar-refractivity contribution in [3.05, 3.63) is 57.9 Å². The lowest BCUT2D eigenvalue weighted by molar-refractivity contribution is 0.0323. The van der Waals surface area contributed by atoms with Gasteiger partial charge in [0.2, 0.25) is 5.78 Å². The molecule has 0 amide bonds. The molecular formula is C17H15NO3S. The number of H-pyrrole nitrogens is 1. The average Bonchev–Trinajstić information content (AvgIpc) is 3.12. The number of aromatic amines is 1. The number of thiophene rings is 1. The summed E-state index contributed by atoms with van der Waals surface area (Å²) in [7, 11) is 0. The summed E-state index contributed by atoms with van der Waals surface area (Å²) in [5, 5.41) is 2.67. The van der Waals surface area contributed by atoms with Crippen molar-refractivity contribution in [2.45, 2.75) is 20.0 Å². The number of para-hydroxylation sites is 1. The molecule has 0 aliphatic rings. The molecule has 1 aromatic carbocycles. The average molecular weight is 313 g/mol. The van der Waals surface area contributed by atoms with E-state index in [2.05, 4.69) is 4.98 Å². The van der Waals surface area contributed by atoms with Gasteiger partial charge in [0, 0.05) is 22.7 Å². The quantitative estimate of drug-likeness (QED) is 0.586. The summed E-state index contributed by atoms with van der Waals surface area (Å²) in [6, 6.07) is 9.40. The SMILES string of the molecule is Cc1ccsc1C(=O)O[C@H](C)C(=O)c1c[nH]c2ccccc12. The van der Waals surface area contributed by atoms with E-state index in [0.717, 1.165) is 16.5 Å². The molecule has 4 nitrogen and oxygen atoms in total. The van der Waals surface area contributed by atoms with E-state index in [9.17, 15) is 9.59 Å². The minimum atomic E-state index is -0.826. The molecular weight excluding hydrogens is 298 g/mol. The summed E-state index contributed by atoms with van der Waals surface area (Å²) >= 11 is 1.32. The topological polar surface area (TPSA) is 59.2 Å². The van der Waals surface area contributed by atoms with Crippen molar-refractivity contribution in [1.29, 1.82) is 0 Å². The Bertz CT molecular complexity index is 846. The van der Waals surface area contributed by atoms with Crippen molar-refractivity contribution in [2.24, 2.45) is 0 Å². The predicted molar refractivity (Wildman–Crippen MR) is 86.6 cm³/mol. The Hall–Kier alpha value is -2.40. The van der Waals surface area contributed by atoms with Gasteiger partial charge in [-0.2, -0.15) is 0 Å². The maximum absolute atomic E-state index is 12.5. The first-order valence-electron chi connectivity index (χ1n) is 6.93. The molecule has 112 valence electrons. The van der Waals surface area contributed by atoms with Crippen LogP contribution in [0.5, 0.6) is 0 Å². The van der Waals surface area contributed by atoms with Gasteiger partial charge in [-0.3, -0.25) is 4.79 Å². The second-order valence-corrected chi connectivity index (χ2v) is 6.01. The molecule has 0 unspecified atom stereocenters.